The molecule has 2 unspecified atom stereocenters. The van der Waals surface area contributed by atoms with E-state index >= 15 is 0 Å². The summed E-state index contributed by atoms with van der Waals surface area (Å²) in [6, 6.07) is 7.36. The average molecular weight is 265 g/mol. The number of hydrogen-bond acceptors (Lipinski definition) is 2. The summed E-state index contributed by atoms with van der Waals surface area (Å²) in [5.74, 6) is -0.163. The van der Waals surface area contributed by atoms with E-state index < -0.39 is 0 Å². The van der Waals surface area contributed by atoms with Gasteiger partial charge in [-0.25, -0.2) is 4.39 Å². The van der Waals surface area contributed by atoms with E-state index in [1.165, 1.54) is 24.1 Å². The predicted octanol–water partition coefficient (Wildman–Crippen LogP) is 3.31. The maximum atomic E-state index is 12.8. The molecule has 1 N–H and O–H groups in total. The van der Waals surface area contributed by atoms with Crippen molar-refractivity contribution < 1.29 is 9.13 Å². The van der Waals surface area contributed by atoms with Crippen LogP contribution >= 0.6 is 0 Å². The van der Waals surface area contributed by atoms with Gasteiger partial charge in [0, 0.05) is 12.6 Å². The minimum Gasteiger partial charge on any atom is -0.378 e. The molecule has 1 heterocycles. The highest BCUT2D eigenvalue weighted by atomic mass is 19.1. The fourth-order valence-electron chi connectivity index (χ4n) is 2.66. The third kappa shape index (κ3) is 4.92. The number of rotatable bonds is 6. The third-order valence-electron chi connectivity index (χ3n) is 3.74. The molecular weight excluding hydrogens is 241 g/mol. The first-order valence-electron chi connectivity index (χ1n) is 7.37. The molecule has 1 aliphatic heterocycles. The number of nitrogens with one attached hydrogen (secondary N) is 1. The summed E-state index contributed by atoms with van der Waals surface area (Å²) in [5, 5.41) is 3.60. The van der Waals surface area contributed by atoms with Crippen LogP contribution in [0.1, 0.15) is 38.2 Å². The largest absolute Gasteiger partial charge is 0.378 e. The summed E-state index contributed by atoms with van der Waals surface area (Å²) in [7, 11) is 0. The molecule has 0 amide bonds. The molecule has 2 rings (SSSR count). The minimum absolute atomic E-state index is 0.163. The van der Waals surface area contributed by atoms with E-state index in [2.05, 4.69) is 12.2 Å². The molecule has 0 bridgehead atoms. The van der Waals surface area contributed by atoms with E-state index in [0.717, 1.165) is 38.8 Å². The van der Waals surface area contributed by atoms with E-state index in [-0.39, 0.29) is 5.82 Å². The van der Waals surface area contributed by atoms with E-state index in [1.807, 2.05) is 12.1 Å². The number of hydrogen-bond donors (Lipinski definition) is 1. The summed E-state index contributed by atoms with van der Waals surface area (Å²) < 4.78 is 18.5. The lowest BCUT2D eigenvalue weighted by Crippen LogP contribution is -2.39. The van der Waals surface area contributed by atoms with Crippen LogP contribution in [0.25, 0.3) is 0 Å². The van der Waals surface area contributed by atoms with Gasteiger partial charge in [0.1, 0.15) is 5.82 Å². The smallest absolute Gasteiger partial charge is 0.123 e. The van der Waals surface area contributed by atoms with E-state index in [4.69, 9.17) is 4.74 Å². The molecular formula is C16H24FNO. The Labute approximate surface area is 115 Å². The average Bonchev–Trinajstić information content (AvgIpc) is 2.42. The second-order valence-corrected chi connectivity index (χ2v) is 5.33. The van der Waals surface area contributed by atoms with Crippen molar-refractivity contribution in [1.29, 1.82) is 0 Å². The van der Waals surface area contributed by atoms with Crippen LogP contribution in [0.3, 0.4) is 0 Å². The van der Waals surface area contributed by atoms with Crippen molar-refractivity contribution in [1.82, 2.24) is 5.32 Å². The highest BCUT2D eigenvalue weighted by molar-refractivity contribution is 5.16. The van der Waals surface area contributed by atoms with Crippen LogP contribution in [0.2, 0.25) is 0 Å². The molecule has 1 saturated heterocycles. The summed E-state index contributed by atoms with van der Waals surface area (Å²) in [4.78, 5) is 0. The topological polar surface area (TPSA) is 21.3 Å². The maximum Gasteiger partial charge on any atom is 0.123 e. The SMILES string of the molecule is CCCC1CC(NCCc2ccc(F)cc2)CCO1. The second kappa shape index (κ2) is 7.61. The van der Waals surface area contributed by atoms with E-state index in [9.17, 15) is 4.39 Å². The van der Waals surface area contributed by atoms with Crippen molar-refractivity contribution in [2.75, 3.05) is 13.2 Å². The zero-order chi connectivity index (χ0) is 13.5. The van der Waals surface area contributed by atoms with Crippen molar-refractivity contribution in [3.8, 4) is 0 Å². The highest BCUT2D eigenvalue weighted by Gasteiger charge is 2.21. The van der Waals surface area contributed by atoms with Crippen LogP contribution in [0.5, 0.6) is 0 Å². The maximum absolute atomic E-state index is 12.8. The minimum atomic E-state index is -0.163. The van der Waals surface area contributed by atoms with Gasteiger partial charge in [0.15, 0.2) is 0 Å². The van der Waals surface area contributed by atoms with Gasteiger partial charge < -0.3 is 10.1 Å². The Hall–Kier alpha value is -0.930. The molecule has 1 aromatic rings. The monoisotopic (exact) mass is 265 g/mol. The van der Waals surface area contributed by atoms with Crippen molar-refractivity contribution in [3.63, 3.8) is 0 Å². The van der Waals surface area contributed by atoms with Gasteiger partial charge in [-0.05, 0) is 49.9 Å². The molecule has 0 aliphatic carbocycles. The van der Waals surface area contributed by atoms with E-state index in [1.54, 1.807) is 0 Å². The van der Waals surface area contributed by atoms with Crippen LogP contribution in [0.4, 0.5) is 4.39 Å². The Morgan fingerprint density at radius 3 is 2.84 bits per heavy atom. The molecule has 19 heavy (non-hydrogen) atoms. The first kappa shape index (κ1) is 14.5. The Bertz CT molecular complexity index is 364. The Morgan fingerprint density at radius 1 is 1.32 bits per heavy atom. The quantitative estimate of drug-likeness (QED) is 0.852. The highest BCUT2D eigenvalue weighted by Crippen LogP contribution is 2.17. The lowest BCUT2D eigenvalue weighted by molar-refractivity contribution is -0.00300. The lowest BCUT2D eigenvalue weighted by atomic mass is 10.00. The van der Waals surface area contributed by atoms with Crippen LogP contribution < -0.4 is 5.32 Å². The van der Waals surface area contributed by atoms with Gasteiger partial charge in [0.25, 0.3) is 0 Å². The molecule has 0 radical (unpaired) electrons. The van der Waals surface area contributed by atoms with Gasteiger partial charge in [-0.15, -0.1) is 0 Å². The Kier molecular flexibility index (Phi) is 5.80. The van der Waals surface area contributed by atoms with Gasteiger partial charge in [-0.1, -0.05) is 25.5 Å². The zero-order valence-corrected chi connectivity index (χ0v) is 11.7. The second-order valence-electron chi connectivity index (χ2n) is 5.33. The normalized spacial score (nSPS) is 23.5. The predicted molar refractivity (Wildman–Crippen MR) is 75.8 cm³/mol. The number of ether oxygens (including phenoxy) is 1. The molecule has 2 nitrogen and oxygen atoms in total. The molecule has 1 fully saturated rings. The van der Waals surface area contributed by atoms with Crippen LogP contribution in [-0.2, 0) is 11.2 Å². The lowest BCUT2D eigenvalue weighted by Gasteiger charge is -2.30. The van der Waals surface area contributed by atoms with Gasteiger partial charge in [-0.2, -0.15) is 0 Å². The van der Waals surface area contributed by atoms with Crippen molar-refractivity contribution in [2.45, 2.75) is 51.2 Å². The summed E-state index contributed by atoms with van der Waals surface area (Å²) >= 11 is 0. The summed E-state index contributed by atoms with van der Waals surface area (Å²) in [5.41, 5.74) is 1.19. The molecule has 1 aromatic carbocycles. The zero-order valence-electron chi connectivity index (χ0n) is 11.7. The van der Waals surface area contributed by atoms with Crippen LogP contribution in [-0.4, -0.2) is 25.3 Å². The fraction of sp³-hybridized carbons (Fsp3) is 0.625. The third-order valence-corrected chi connectivity index (χ3v) is 3.74. The van der Waals surface area contributed by atoms with Crippen molar-refractivity contribution in [3.05, 3.63) is 35.6 Å². The van der Waals surface area contributed by atoms with Crippen LogP contribution in [0, 0.1) is 5.82 Å². The van der Waals surface area contributed by atoms with Crippen molar-refractivity contribution >= 4 is 0 Å². The standard InChI is InChI=1S/C16H24FNO/c1-2-3-16-12-15(9-11-19-16)18-10-8-13-4-6-14(17)7-5-13/h4-7,15-16,18H,2-3,8-12H2,1H3. The molecule has 3 heteroatoms. The fourth-order valence-corrected chi connectivity index (χ4v) is 2.66. The molecule has 0 saturated carbocycles. The molecule has 1 aliphatic rings. The molecule has 0 aromatic heterocycles. The van der Waals surface area contributed by atoms with Gasteiger partial charge >= 0.3 is 0 Å². The van der Waals surface area contributed by atoms with Gasteiger partial charge in [0.2, 0.25) is 0 Å². The molecule has 106 valence electrons. The first-order valence-corrected chi connectivity index (χ1v) is 7.37. The first-order chi connectivity index (χ1) is 9.28. The Balaban J connectivity index is 1.69. The number of halogens is 1. The number of benzene rings is 1. The summed E-state index contributed by atoms with van der Waals surface area (Å²) in [6.07, 6.45) is 5.96. The van der Waals surface area contributed by atoms with Crippen molar-refractivity contribution in [2.24, 2.45) is 0 Å². The summed E-state index contributed by atoms with van der Waals surface area (Å²) in [6.45, 7) is 4.03. The van der Waals surface area contributed by atoms with Crippen LogP contribution in [0.15, 0.2) is 24.3 Å². The molecule has 0 spiro atoms. The Morgan fingerprint density at radius 2 is 2.11 bits per heavy atom. The molecule has 2 atom stereocenters. The van der Waals surface area contributed by atoms with E-state index in [0.29, 0.717) is 12.1 Å². The van der Waals surface area contributed by atoms with Gasteiger partial charge in [-0.3, -0.25) is 0 Å². The van der Waals surface area contributed by atoms with Gasteiger partial charge in [0.05, 0.1) is 6.10 Å².